The average Bonchev–Trinajstić information content (AvgIpc) is 2.65. The highest BCUT2D eigenvalue weighted by atomic mass is 35.5. The monoisotopic (exact) mass is 280 g/mol. The van der Waals surface area contributed by atoms with Crippen molar-refractivity contribution in [1.82, 2.24) is 4.90 Å². The van der Waals surface area contributed by atoms with E-state index in [1.807, 2.05) is 0 Å². The van der Waals surface area contributed by atoms with Crippen molar-refractivity contribution < 1.29 is 14.3 Å². The van der Waals surface area contributed by atoms with E-state index < -0.39 is 11.7 Å². The highest BCUT2D eigenvalue weighted by Crippen LogP contribution is 2.31. The van der Waals surface area contributed by atoms with Crippen LogP contribution in [0.2, 0.25) is 5.02 Å². The number of morpholine rings is 1. The molecule has 0 unspecified atom stereocenters. The Hall–Kier alpha value is -1.43. The first-order valence-corrected chi connectivity index (χ1v) is 6.50. The van der Waals surface area contributed by atoms with E-state index in [-0.39, 0.29) is 0 Å². The van der Waals surface area contributed by atoms with Crippen LogP contribution >= 0.6 is 11.6 Å². The molecule has 0 aliphatic carbocycles. The predicted octanol–water partition coefficient (Wildman–Crippen LogP) is 1.16. The van der Waals surface area contributed by atoms with Gasteiger partial charge in [0.05, 0.1) is 31.1 Å². The normalized spacial score (nSPS) is 19.9. The molecule has 2 heterocycles. The molecule has 5 nitrogen and oxygen atoms in total. The summed E-state index contributed by atoms with van der Waals surface area (Å²) in [4.78, 5) is 27.5. The van der Waals surface area contributed by atoms with E-state index in [4.69, 9.17) is 16.3 Å². The summed E-state index contributed by atoms with van der Waals surface area (Å²) in [6.45, 7) is 3.22. The second-order valence-electron chi connectivity index (χ2n) is 4.60. The van der Waals surface area contributed by atoms with Crippen LogP contribution in [0.4, 0.5) is 5.69 Å². The van der Waals surface area contributed by atoms with Crippen LogP contribution in [0.25, 0.3) is 0 Å². The van der Waals surface area contributed by atoms with E-state index in [9.17, 15) is 9.59 Å². The minimum Gasteiger partial charge on any atom is -0.379 e. The molecule has 0 atom stereocenters. The van der Waals surface area contributed by atoms with Gasteiger partial charge in [0.1, 0.15) is 0 Å². The second-order valence-corrected chi connectivity index (χ2v) is 5.03. The van der Waals surface area contributed by atoms with E-state index in [1.165, 1.54) is 4.90 Å². The number of rotatable bonds is 2. The summed E-state index contributed by atoms with van der Waals surface area (Å²) in [5, 5.41) is 0.522. The zero-order valence-corrected chi connectivity index (χ0v) is 11.0. The van der Waals surface area contributed by atoms with Crippen molar-refractivity contribution in [1.29, 1.82) is 0 Å². The molecule has 100 valence electrons. The van der Waals surface area contributed by atoms with Gasteiger partial charge in [-0.15, -0.1) is 0 Å². The van der Waals surface area contributed by atoms with Gasteiger partial charge in [-0.2, -0.15) is 0 Å². The topological polar surface area (TPSA) is 49.9 Å². The molecule has 2 aliphatic heterocycles. The Morgan fingerprint density at radius 3 is 2.68 bits per heavy atom. The summed E-state index contributed by atoms with van der Waals surface area (Å²) in [6.07, 6.45) is 0. The van der Waals surface area contributed by atoms with E-state index in [2.05, 4.69) is 4.90 Å². The SMILES string of the molecule is O=C1C(=O)N(CN2CCOCC2)c2cc(Cl)ccc21. The lowest BCUT2D eigenvalue weighted by atomic mass is 10.1. The third-order valence-corrected chi connectivity index (χ3v) is 3.61. The summed E-state index contributed by atoms with van der Waals surface area (Å²) in [5.74, 6) is -0.941. The molecule has 2 aliphatic rings. The Morgan fingerprint density at radius 2 is 1.95 bits per heavy atom. The molecule has 1 fully saturated rings. The molecule has 1 aromatic rings. The Bertz CT molecular complexity index is 541. The summed E-state index contributed by atoms with van der Waals surface area (Å²) in [6, 6.07) is 4.90. The lowest BCUT2D eigenvalue weighted by Crippen LogP contribution is -2.45. The van der Waals surface area contributed by atoms with E-state index in [0.29, 0.717) is 36.2 Å². The lowest BCUT2D eigenvalue weighted by molar-refractivity contribution is -0.114. The number of halogens is 1. The Kier molecular flexibility index (Phi) is 3.26. The summed E-state index contributed by atoms with van der Waals surface area (Å²) < 4.78 is 5.27. The van der Waals surface area contributed by atoms with Gasteiger partial charge >= 0.3 is 5.91 Å². The number of Topliss-reactive ketones (excluding diaryl/α,β-unsaturated/α-hetero) is 1. The Labute approximate surface area is 115 Å². The minimum atomic E-state index is -0.483. The van der Waals surface area contributed by atoms with Crippen molar-refractivity contribution in [3.8, 4) is 0 Å². The van der Waals surface area contributed by atoms with Gasteiger partial charge in [-0.05, 0) is 18.2 Å². The molecule has 3 rings (SSSR count). The highest BCUT2D eigenvalue weighted by molar-refractivity contribution is 6.52. The lowest BCUT2D eigenvalue weighted by Gasteiger charge is -2.30. The van der Waals surface area contributed by atoms with Gasteiger partial charge in [-0.1, -0.05) is 11.6 Å². The molecule has 0 bridgehead atoms. The summed E-state index contributed by atoms with van der Waals surface area (Å²) in [5.41, 5.74) is 1.04. The highest BCUT2D eigenvalue weighted by Gasteiger charge is 2.36. The fraction of sp³-hybridized carbons (Fsp3) is 0.385. The van der Waals surface area contributed by atoms with Crippen LogP contribution in [0.1, 0.15) is 10.4 Å². The minimum absolute atomic E-state index is 0.404. The number of amides is 1. The third kappa shape index (κ3) is 2.25. The number of carbonyl (C=O) groups excluding carboxylic acids is 2. The van der Waals surface area contributed by atoms with E-state index >= 15 is 0 Å². The fourth-order valence-corrected chi connectivity index (χ4v) is 2.52. The molecule has 0 N–H and O–H groups in total. The van der Waals surface area contributed by atoms with Gasteiger partial charge in [-0.25, -0.2) is 0 Å². The molecule has 1 amide bonds. The molecule has 0 spiro atoms. The number of nitrogens with zero attached hydrogens (tertiary/aromatic N) is 2. The number of benzene rings is 1. The van der Waals surface area contributed by atoms with Crippen molar-refractivity contribution in [2.24, 2.45) is 0 Å². The van der Waals surface area contributed by atoms with Crippen LogP contribution in [-0.2, 0) is 9.53 Å². The molecule has 6 heteroatoms. The van der Waals surface area contributed by atoms with Crippen molar-refractivity contribution >= 4 is 29.0 Å². The van der Waals surface area contributed by atoms with Crippen LogP contribution in [0.3, 0.4) is 0 Å². The zero-order chi connectivity index (χ0) is 13.4. The van der Waals surface area contributed by atoms with Crippen LogP contribution in [0, 0.1) is 0 Å². The number of hydrogen-bond acceptors (Lipinski definition) is 4. The van der Waals surface area contributed by atoms with Gasteiger partial charge in [0.25, 0.3) is 5.78 Å². The fourth-order valence-electron chi connectivity index (χ4n) is 2.35. The first-order valence-electron chi connectivity index (χ1n) is 6.12. The van der Waals surface area contributed by atoms with Crippen molar-refractivity contribution in [3.63, 3.8) is 0 Å². The Balaban J connectivity index is 1.87. The van der Waals surface area contributed by atoms with Gasteiger partial charge in [0.15, 0.2) is 0 Å². The number of carbonyl (C=O) groups is 2. The quantitative estimate of drug-likeness (QED) is 0.763. The number of ether oxygens (including phenoxy) is 1. The maximum absolute atomic E-state index is 12.0. The first-order chi connectivity index (χ1) is 9.16. The maximum Gasteiger partial charge on any atom is 0.300 e. The predicted molar refractivity (Wildman–Crippen MR) is 70.5 cm³/mol. The molecule has 1 saturated heterocycles. The molecule has 1 aromatic carbocycles. The average molecular weight is 281 g/mol. The van der Waals surface area contributed by atoms with Crippen LogP contribution in [0.5, 0.6) is 0 Å². The molecule has 19 heavy (non-hydrogen) atoms. The standard InChI is InChI=1S/C13H13ClN2O3/c14-9-1-2-10-11(7-9)16(13(18)12(10)17)8-15-3-5-19-6-4-15/h1-2,7H,3-6,8H2. The van der Waals surface area contributed by atoms with Gasteiger partial charge in [0.2, 0.25) is 0 Å². The third-order valence-electron chi connectivity index (χ3n) is 3.38. The van der Waals surface area contributed by atoms with Crippen molar-refractivity contribution in [2.45, 2.75) is 0 Å². The first kappa shape index (κ1) is 12.6. The molecule has 0 aromatic heterocycles. The largest absolute Gasteiger partial charge is 0.379 e. The Morgan fingerprint density at radius 1 is 1.21 bits per heavy atom. The molecule has 0 radical (unpaired) electrons. The van der Waals surface area contributed by atoms with E-state index in [0.717, 1.165) is 13.1 Å². The molecular formula is C13H13ClN2O3. The van der Waals surface area contributed by atoms with Gasteiger partial charge in [0, 0.05) is 18.1 Å². The molecular weight excluding hydrogens is 268 g/mol. The van der Waals surface area contributed by atoms with Crippen LogP contribution in [0.15, 0.2) is 18.2 Å². The number of fused-ring (bicyclic) bond motifs is 1. The maximum atomic E-state index is 12.0. The van der Waals surface area contributed by atoms with Gasteiger partial charge < -0.3 is 4.74 Å². The number of ketones is 1. The van der Waals surface area contributed by atoms with Crippen LogP contribution < -0.4 is 4.90 Å². The van der Waals surface area contributed by atoms with Crippen LogP contribution in [-0.4, -0.2) is 49.6 Å². The molecule has 0 saturated carbocycles. The number of hydrogen-bond donors (Lipinski definition) is 0. The second kappa shape index (κ2) is 4.92. The van der Waals surface area contributed by atoms with E-state index in [1.54, 1.807) is 18.2 Å². The van der Waals surface area contributed by atoms with Crippen molar-refractivity contribution in [2.75, 3.05) is 37.9 Å². The smallest absolute Gasteiger partial charge is 0.300 e. The van der Waals surface area contributed by atoms with Crippen molar-refractivity contribution in [3.05, 3.63) is 28.8 Å². The summed E-state index contributed by atoms with van der Waals surface area (Å²) in [7, 11) is 0. The zero-order valence-electron chi connectivity index (χ0n) is 10.3. The number of anilines is 1. The summed E-state index contributed by atoms with van der Waals surface area (Å²) >= 11 is 5.94. The van der Waals surface area contributed by atoms with Gasteiger partial charge in [-0.3, -0.25) is 19.4 Å².